The second-order valence-corrected chi connectivity index (χ2v) is 3.24. The SMILES string of the molecule is Fc1c(Cl)ncc(OC(F)(F)F)c1Br. The predicted molar refractivity (Wildman–Crippen MR) is 43.6 cm³/mol. The molecule has 0 bridgehead atoms. The Bertz CT molecular complexity index is 356. The van der Waals surface area contributed by atoms with Crippen LogP contribution in [0.15, 0.2) is 10.7 Å². The van der Waals surface area contributed by atoms with Crippen molar-refractivity contribution in [1.82, 2.24) is 4.98 Å². The topological polar surface area (TPSA) is 22.1 Å². The number of alkyl halides is 3. The molecule has 1 heterocycles. The Morgan fingerprint density at radius 1 is 1.43 bits per heavy atom. The quantitative estimate of drug-likeness (QED) is 0.584. The Kier molecular flexibility index (Phi) is 3.20. The molecule has 8 heteroatoms. The van der Waals surface area contributed by atoms with Gasteiger partial charge >= 0.3 is 6.36 Å². The molecule has 1 rings (SSSR count). The van der Waals surface area contributed by atoms with Crippen LogP contribution in [0.25, 0.3) is 0 Å². The lowest BCUT2D eigenvalue weighted by Crippen LogP contribution is -2.17. The van der Waals surface area contributed by atoms with E-state index in [1.807, 2.05) is 0 Å². The summed E-state index contributed by atoms with van der Waals surface area (Å²) in [4.78, 5) is 3.16. The first-order valence-electron chi connectivity index (χ1n) is 3.06. The van der Waals surface area contributed by atoms with Crippen LogP contribution in [-0.2, 0) is 0 Å². The molecule has 0 radical (unpaired) electrons. The average molecular weight is 294 g/mol. The van der Waals surface area contributed by atoms with Crippen LogP contribution >= 0.6 is 27.5 Å². The number of hydrogen-bond acceptors (Lipinski definition) is 2. The molecular weight excluding hydrogens is 293 g/mol. The van der Waals surface area contributed by atoms with E-state index in [1.54, 1.807) is 0 Å². The monoisotopic (exact) mass is 293 g/mol. The predicted octanol–water partition coefficient (Wildman–Crippen LogP) is 3.54. The Balaban J connectivity index is 3.06. The maximum absolute atomic E-state index is 12.9. The minimum atomic E-state index is -4.90. The average Bonchev–Trinajstić information content (AvgIpc) is 2.04. The van der Waals surface area contributed by atoms with Crippen molar-refractivity contribution in [3.05, 3.63) is 21.6 Å². The van der Waals surface area contributed by atoms with E-state index in [4.69, 9.17) is 11.6 Å². The van der Waals surface area contributed by atoms with E-state index in [-0.39, 0.29) is 0 Å². The van der Waals surface area contributed by atoms with E-state index >= 15 is 0 Å². The number of pyridine rings is 1. The summed E-state index contributed by atoms with van der Waals surface area (Å²) >= 11 is 7.76. The molecule has 14 heavy (non-hydrogen) atoms. The van der Waals surface area contributed by atoms with Crippen molar-refractivity contribution in [3.8, 4) is 5.75 Å². The van der Waals surface area contributed by atoms with Gasteiger partial charge in [-0.05, 0) is 15.9 Å². The molecule has 1 aromatic heterocycles. The molecule has 78 valence electrons. The van der Waals surface area contributed by atoms with Crippen molar-refractivity contribution in [2.24, 2.45) is 0 Å². The third-order valence-electron chi connectivity index (χ3n) is 1.11. The molecule has 0 atom stereocenters. The summed E-state index contributed by atoms with van der Waals surface area (Å²) in [6.07, 6.45) is -4.23. The van der Waals surface area contributed by atoms with Crippen LogP contribution in [0.1, 0.15) is 0 Å². The van der Waals surface area contributed by atoms with Gasteiger partial charge in [-0.15, -0.1) is 13.2 Å². The number of ether oxygens (including phenoxy) is 1. The molecule has 0 aromatic carbocycles. The number of halogens is 6. The van der Waals surface area contributed by atoms with Gasteiger partial charge in [-0.25, -0.2) is 9.37 Å². The fourth-order valence-corrected chi connectivity index (χ4v) is 1.25. The lowest BCUT2D eigenvalue weighted by atomic mass is 10.4. The second-order valence-electron chi connectivity index (χ2n) is 2.09. The van der Waals surface area contributed by atoms with Crippen LogP contribution in [0.2, 0.25) is 5.15 Å². The lowest BCUT2D eigenvalue weighted by molar-refractivity contribution is -0.275. The van der Waals surface area contributed by atoms with Gasteiger partial charge in [0.2, 0.25) is 0 Å². The van der Waals surface area contributed by atoms with Gasteiger partial charge in [-0.2, -0.15) is 0 Å². The van der Waals surface area contributed by atoms with E-state index in [0.717, 1.165) is 0 Å². The van der Waals surface area contributed by atoms with Gasteiger partial charge in [0, 0.05) is 0 Å². The number of rotatable bonds is 1. The number of hydrogen-bond donors (Lipinski definition) is 0. The van der Waals surface area contributed by atoms with Crippen LogP contribution in [0.3, 0.4) is 0 Å². The number of nitrogens with zero attached hydrogens (tertiary/aromatic N) is 1. The molecule has 0 N–H and O–H groups in total. The van der Waals surface area contributed by atoms with Gasteiger partial charge in [-0.3, -0.25) is 0 Å². The van der Waals surface area contributed by atoms with E-state index in [2.05, 4.69) is 25.7 Å². The zero-order chi connectivity index (χ0) is 10.9. The summed E-state index contributed by atoms with van der Waals surface area (Å²) in [6.45, 7) is 0. The molecule has 0 aliphatic carbocycles. The molecule has 0 aliphatic rings. The summed E-state index contributed by atoms with van der Waals surface area (Å²) in [6, 6.07) is 0. The Labute approximate surface area is 89.0 Å². The third-order valence-corrected chi connectivity index (χ3v) is 2.11. The lowest BCUT2D eigenvalue weighted by Gasteiger charge is -2.10. The molecule has 0 saturated heterocycles. The molecule has 1 aromatic rings. The molecule has 0 aliphatic heterocycles. The summed E-state index contributed by atoms with van der Waals surface area (Å²) in [5.74, 6) is -1.88. The zero-order valence-corrected chi connectivity index (χ0v) is 8.54. The van der Waals surface area contributed by atoms with E-state index < -0.39 is 27.6 Å². The highest BCUT2D eigenvalue weighted by molar-refractivity contribution is 9.10. The normalized spacial score (nSPS) is 11.6. The zero-order valence-electron chi connectivity index (χ0n) is 6.20. The van der Waals surface area contributed by atoms with E-state index in [0.29, 0.717) is 6.20 Å². The van der Waals surface area contributed by atoms with Gasteiger partial charge in [0.25, 0.3) is 0 Å². The third kappa shape index (κ3) is 2.71. The maximum atomic E-state index is 12.9. The Morgan fingerprint density at radius 2 is 2.00 bits per heavy atom. The van der Waals surface area contributed by atoms with Crippen LogP contribution in [0.5, 0.6) is 5.75 Å². The van der Waals surface area contributed by atoms with E-state index in [1.165, 1.54) is 0 Å². The molecule has 0 unspecified atom stereocenters. The van der Waals surface area contributed by atoms with Gasteiger partial charge < -0.3 is 4.74 Å². The van der Waals surface area contributed by atoms with Crippen molar-refractivity contribution in [1.29, 1.82) is 0 Å². The van der Waals surface area contributed by atoms with Gasteiger partial charge in [0.05, 0.1) is 6.20 Å². The summed E-state index contributed by atoms with van der Waals surface area (Å²) < 4.78 is 51.0. The number of aromatic nitrogens is 1. The first kappa shape index (κ1) is 11.5. The smallest absolute Gasteiger partial charge is 0.403 e. The van der Waals surface area contributed by atoms with Crippen molar-refractivity contribution in [2.75, 3.05) is 0 Å². The fraction of sp³-hybridized carbons (Fsp3) is 0.167. The molecule has 0 saturated carbocycles. The first-order valence-corrected chi connectivity index (χ1v) is 4.23. The van der Waals surface area contributed by atoms with Crippen LogP contribution < -0.4 is 4.74 Å². The summed E-state index contributed by atoms with van der Waals surface area (Å²) in [7, 11) is 0. The van der Waals surface area contributed by atoms with Crippen LogP contribution in [0, 0.1) is 5.82 Å². The molecule has 0 amide bonds. The van der Waals surface area contributed by atoms with Crippen molar-refractivity contribution in [3.63, 3.8) is 0 Å². The molecular formula is C6HBrClF4NO. The molecule has 2 nitrogen and oxygen atoms in total. The molecule has 0 spiro atoms. The van der Waals surface area contributed by atoms with Crippen LogP contribution in [-0.4, -0.2) is 11.3 Å². The second kappa shape index (κ2) is 3.90. The Hall–Kier alpha value is -0.560. The summed E-state index contributed by atoms with van der Waals surface area (Å²) in [5, 5.41) is -0.536. The van der Waals surface area contributed by atoms with Crippen LogP contribution in [0.4, 0.5) is 17.6 Å². The summed E-state index contributed by atoms with van der Waals surface area (Å²) in [5.41, 5.74) is 0. The van der Waals surface area contributed by atoms with Crippen molar-refractivity contribution in [2.45, 2.75) is 6.36 Å². The first-order chi connectivity index (χ1) is 6.31. The maximum Gasteiger partial charge on any atom is 0.573 e. The fourth-order valence-electron chi connectivity index (χ4n) is 0.623. The standard InChI is InChI=1S/C6HBrClF4NO/c7-3-2(14-6(10,11)12)1-13-5(8)4(3)9/h1H. The Morgan fingerprint density at radius 3 is 2.50 bits per heavy atom. The van der Waals surface area contributed by atoms with Gasteiger partial charge in [-0.1, -0.05) is 11.6 Å². The molecule has 0 fully saturated rings. The van der Waals surface area contributed by atoms with Gasteiger partial charge in [0.1, 0.15) is 4.47 Å². The highest BCUT2D eigenvalue weighted by atomic mass is 79.9. The van der Waals surface area contributed by atoms with Crippen molar-refractivity contribution < 1.29 is 22.3 Å². The van der Waals surface area contributed by atoms with Gasteiger partial charge in [0.15, 0.2) is 16.7 Å². The largest absolute Gasteiger partial charge is 0.573 e. The minimum Gasteiger partial charge on any atom is -0.403 e. The van der Waals surface area contributed by atoms with E-state index in [9.17, 15) is 17.6 Å². The highest BCUT2D eigenvalue weighted by Crippen LogP contribution is 2.33. The van der Waals surface area contributed by atoms with Crippen molar-refractivity contribution >= 4 is 27.5 Å². The minimum absolute atomic E-state index is 0.519. The highest BCUT2D eigenvalue weighted by Gasteiger charge is 2.33.